The van der Waals surface area contributed by atoms with E-state index >= 15 is 0 Å². The Labute approximate surface area is 317 Å². The molecule has 0 unspecified atom stereocenters. The normalized spacial score (nSPS) is 12.9. The first-order chi connectivity index (χ1) is 26.5. The summed E-state index contributed by atoms with van der Waals surface area (Å²) in [5, 5.41) is 0. The molecule has 3 aromatic heterocycles. The van der Waals surface area contributed by atoms with E-state index in [9.17, 15) is 0 Å². The highest BCUT2D eigenvalue weighted by atomic mass is 15.0. The smallest absolute Gasteiger partial charge is 0.201 e. The van der Waals surface area contributed by atoms with Crippen molar-refractivity contribution in [2.24, 2.45) is 21.1 Å². The van der Waals surface area contributed by atoms with Crippen LogP contribution in [-0.2, 0) is 21.1 Å². The average molecular weight is 685 g/mol. The van der Waals surface area contributed by atoms with Crippen LogP contribution in [0.15, 0.2) is 91.1 Å². The summed E-state index contributed by atoms with van der Waals surface area (Å²) in [6, 6.07) is 28.7. The Hall–Kier alpha value is -4.89. The van der Waals surface area contributed by atoms with Crippen LogP contribution in [0.2, 0.25) is 0 Å². The minimum absolute atomic E-state index is 0.412. The third kappa shape index (κ3) is 8.53. The number of nitrogens with zero attached hydrogens (tertiary/aromatic N) is 3. The molecule has 0 bridgehead atoms. The van der Waals surface area contributed by atoms with Gasteiger partial charge in [-0.05, 0) is 132 Å². The first kappa shape index (κ1) is 30.9. The van der Waals surface area contributed by atoms with Gasteiger partial charge in [-0.3, -0.25) is 0 Å². The number of pyridine rings is 3. The van der Waals surface area contributed by atoms with Crippen LogP contribution in [0.4, 0.5) is 0 Å². The summed E-state index contributed by atoms with van der Waals surface area (Å²) in [5.41, 5.74) is 19.4. The van der Waals surface area contributed by atoms with Gasteiger partial charge in [0.05, 0.1) is 5.56 Å². The van der Waals surface area contributed by atoms with Gasteiger partial charge in [-0.2, -0.15) is 9.13 Å². The molecular weight excluding hydrogens is 619 g/mol. The van der Waals surface area contributed by atoms with Gasteiger partial charge in [0.1, 0.15) is 21.1 Å². The molecule has 3 nitrogen and oxygen atoms in total. The molecule has 0 N–H and O–H groups in total. The van der Waals surface area contributed by atoms with E-state index in [0.717, 1.165) is 39.3 Å². The van der Waals surface area contributed by atoms with Crippen molar-refractivity contribution in [2.75, 3.05) is 0 Å². The Balaban J connectivity index is 0.000000190. The van der Waals surface area contributed by atoms with Crippen molar-refractivity contribution in [3.8, 4) is 33.8 Å². The maximum Gasteiger partial charge on any atom is 0.215 e. The van der Waals surface area contributed by atoms with Gasteiger partial charge in [-0.15, -0.1) is 0 Å². The van der Waals surface area contributed by atoms with Crippen LogP contribution in [0.25, 0.3) is 33.8 Å². The summed E-state index contributed by atoms with van der Waals surface area (Å²) in [6.07, 6.45) is 1.73. The van der Waals surface area contributed by atoms with Crippen molar-refractivity contribution >= 4 is 0 Å². The van der Waals surface area contributed by atoms with Gasteiger partial charge in [0.25, 0.3) is 0 Å². The van der Waals surface area contributed by atoms with Crippen LogP contribution in [0.1, 0.15) is 75.2 Å². The minimum atomic E-state index is -2.07. The fourth-order valence-corrected chi connectivity index (χ4v) is 6.66. The summed E-state index contributed by atoms with van der Waals surface area (Å²) in [7, 11) is 6.05. The molecule has 0 spiro atoms. The average Bonchev–Trinajstić information content (AvgIpc) is 3.11. The van der Waals surface area contributed by atoms with Crippen LogP contribution in [0.3, 0.4) is 0 Å². The van der Waals surface area contributed by atoms with Gasteiger partial charge in [0.2, 0.25) is 17.1 Å². The number of hydrogen-bond donors (Lipinski definition) is 0. The molecule has 0 radical (unpaired) electrons. The van der Waals surface area contributed by atoms with Crippen LogP contribution < -0.4 is 13.7 Å². The van der Waals surface area contributed by atoms with E-state index in [0.29, 0.717) is 11.1 Å². The standard InChI is InChI=1S/3C16H20N/c1-11-7-6-8-12(2)16(11)15-9-13(3)14(4)10-17(15)5;2*1-11-7-6-8-15(14(11)4)16-12(2)9-10-13(3)17(16)5/h3*6-10H,1-5H3/q3*+1/i4D3;1D3;. The largest absolute Gasteiger partial charge is 0.215 e. The highest BCUT2D eigenvalue weighted by molar-refractivity contribution is 5.67. The molecule has 0 aliphatic carbocycles. The molecule has 6 rings (SSSR count). The van der Waals surface area contributed by atoms with Crippen molar-refractivity contribution in [1.82, 2.24) is 0 Å². The van der Waals surface area contributed by atoms with E-state index in [2.05, 4.69) is 119 Å². The summed E-state index contributed by atoms with van der Waals surface area (Å²) in [4.78, 5) is 0. The third-order valence-corrected chi connectivity index (χ3v) is 10.3. The lowest BCUT2D eigenvalue weighted by atomic mass is 9.97. The topological polar surface area (TPSA) is 11.6 Å². The van der Waals surface area contributed by atoms with Gasteiger partial charge in [-0.25, -0.2) is 4.57 Å². The highest BCUT2D eigenvalue weighted by Gasteiger charge is 2.19. The summed E-state index contributed by atoms with van der Waals surface area (Å²) in [5.74, 6) is 0. The van der Waals surface area contributed by atoms with Crippen LogP contribution >= 0.6 is 0 Å². The minimum Gasteiger partial charge on any atom is -0.201 e. The lowest BCUT2D eigenvalue weighted by molar-refractivity contribution is -0.667. The molecule has 3 heterocycles. The molecule has 264 valence electrons. The van der Waals surface area contributed by atoms with Crippen molar-refractivity contribution < 1.29 is 21.9 Å². The first-order valence-electron chi connectivity index (χ1n) is 20.6. The molecule has 0 aliphatic rings. The monoisotopic (exact) mass is 685 g/mol. The summed E-state index contributed by atoms with van der Waals surface area (Å²) >= 11 is 0. The zero-order chi connectivity index (χ0) is 42.7. The van der Waals surface area contributed by atoms with E-state index in [4.69, 9.17) is 8.22 Å². The Morgan fingerprint density at radius 2 is 0.863 bits per heavy atom. The highest BCUT2D eigenvalue weighted by Crippen LogP contribution is 2.28. The van der Waals surface area contributed by atoms with Crippen LogP contribution in [-0.4, -0.2) is 0 Å². The quantitative estimate of drug-likeness (QED) is 0.165. The van der Waals surface area contributed by atoms with Gasteiger partial charge in [-0.1, -0.05) is 42.5 Å². The molecule has 3 heteroatoms. The Bertz CT molecular complexity index is 2400. The second-order valence-electron chi connectivity index (χ2n) is 14.0. The van der Waals surface area contributed by atoms with Crippen LogP contribution in [0.5, 0.6) is 0 Å². The van der Waals surface area contributed by atoms with Gasteiger partial charge >= 0.3 is 0 Å². The SMILES string of the molecule is Cc1cccc(-c2c(C)ccc(C)[n+]2C)c1C.[2H]C([2H])([2H])c1c[n+](C)c(-c2c(C)cccc2C)cc1C.[2H]C([2H])([2H])c1cccc(-c2c(C)ccc(C)[n+]2C)c1C. The van der Waals surface area contributed by atoms with Gasteiger partial charge < -0.3 is 0 Å². The van der Waals surface area contributed by atoms with Crippen molar-refractivity contribution in [3.63, 3.8) is 0 Å². The molecule has 0 saturated heterocycles. The van der Waals surface area contributed by atoms with E-state index in [1.165, 1.54) is 50.3 Å². The zero-order valence-corrected chi connectivity index (χ0v) is 33.0. The summed E-state index contributed by atoms with van der Waals surface area (Å²) < 4.78 is 52.0. The first-order valence-corrected chi connectivity index (χ1v) is 17.6. The summed E-state index contributed by atoms with van der Waals surface area (Å²) in [6.45, 7) is 16.6. The second-order valence-corrected chi connectivity index (χ2v) is 14.0. The maximum atomic E-state index is 7.65. The predicted molar refractivity (Wildman–Crippen MR) is 216 cm³/mol. The molecule has 6 aromatic rings. The Morgan fingerprint density at radius 3 is 1.35 bits per heavy atom. The number of aromatic nitrogens is 3. The molecule has 0 saturated carbocycles. The number of hydrogen-bond acceptors (Lipinski definition) is 0. The molecule has 0 amide bonds. The molecular formula is C48H60N3+3. The number of aryl methyl sites for hydroxylation is 11. The van der Waals surface area contributed by atoms with E-state index < -0.39 is 13.7 Å². The number of benzene rings is 3. The van der Waals surface area contributed by atoms with Gasteiger partial charge in [0.15, 0.2) is 17.6 Å². The zero-order valence-electron chi connectivity index (χ0n) is 39.0. The van der Waals surface area contributed by atoms with Crippen LogP contribution in [0, 0.1) is 82.9 Å². The second kappa shape index (κ2) is 16.4. The molecule has 0 fully saturated rings. The van der Waals surface area contributed by atoms with E-state index in [1.54, 1.807) is 12.3 Å². The molecule has 0 aliphatic heterocycles. The maximum absolute atomic E-state index is 7.65. The number of rotatable bonds is 3. The fourth-order valence-electron chi connectivity index (χ4n) is 6.66. The van der Waals surface area contributed by atoms with Crippen molar-refractivity contribution in [2.45, 2.75) is 82.9 Å². The Morgan fingerprint density at radius 1 is 0.431 bits per heavy atom. The Kier molecular flexibility index (Phi) is 9.95. The molecule has 51 heavy (non-hydrogen) atoms. The molecule has 0 atom stereocenters. The van der Waals surface area contributed by atoms with Crippen molar-refractivity contribution in [3.05, 3.63) is 158 Å². The van der Waals surface area contributed by atoms with Gasteiger partial charge in [0, 0.05) is 68.1 Å². The lowest BCUT2D eigenvalue weighted by Crippen LogP contribution is -2.35. The lowest BCUT2D eigenvalue weighted by Gasteiger charge is -2.10. The molecule has 3 aromatic carbocycles. The van der Waals surface area contributed by atoms with Crippen molar-refractivity contribution in [1.29, 1.82) is 0 Å². The van der Waals surface area contributed by atoms with E-state index in [1.807, 2.05) is 63.7 Å². The predicted octanol–water partition coefficient (Wildman–Crippen LogP) is 10.2. The van der Waals surface area contributed by atoms with E-state index in [-0.39, 0.29) is 0 Å². The third-order valence-electron chi connectivity index (χ3n) is 10.3. The fraction of sp³-hybridized carbons (Fsp3) is 0.312.